The Morgan fingerprint density at radius 1 is 1.10 bits per heavy atom. The average molecular weight is 294 g/mol. The fourth-order valence-corrected chi connectivity index (χ4v) is 1.93. The quantitative estimate of drug-likeness (QED) is 0.860. The maximum Gasteiger partial charge on any atom is 0.119 e. The monoisotopic (exact) mass is 293 g/mol. The number of methoxy groups -OCH3 is 1. The van der Waals surface area contributed by atoms with Crippen molar-refractivity contribution in [2.75, 3.05) is 13.7 Å². The maximum atomic E-state index is 10.0. The van der Waals surface area contributed by atoms with Crippen molar-refractivity contribution < 1.29 is 9.84 Å². The van der Waals surface area contributed by atoms with Crippen molar-refractivity contribution in [2.24, 2.45) is 0 Å². The van der Waals surface area contributed by atoms with E-state index < -0.39 is 6.10 Å². The number of nitrogens with one attached hydrogen (secondary N) is 1. The first-order valence-corrected chi connectivity index (χ1v) is 6.36. The third-order valence-corrected chi connectivity index (χ3v) is 2.99. The van der Waals surface area contributed by atoms with E-state index in [0.717, 1.165) is 16.9 Å². The molecule has 0 aliphatic rings. The van der Waals surface area contributed by atoms with E-state index in [9.17, 15) is 5.11 Å². The zero-order valence-electron chi connectivity index (χ0n) is 11.5. The lowest BCUT2D eigenvalue weighted by molar-refractivity contribution is 0.174. The molecule has 0 bridgehead atoms. The summed E-state index contributed by atoms with van der Waals surface area (Å²) in [5.41, 5.74) is 2.07. The molecule has 0 heterocycles. The predicted octanol–water partition coefficient (Wildman–Crippen LogP) is 2.94. The molecule has 1 unspecified atom stereocenters. The van der Waals surface area contributed by atoms with Gasteiger partial charge in [0.25, 0.3) is 0 Å². The summed E-state index contributed by atoms with van der Waals surface area (Å²) in [6.45, 7) is 1.24. The van der Waals surface area contributed by atoms with Crippen LogP contribution in [0.15, 0.2) is 54.6 Å². The van der Waals surface area contributed by atoms with Gasteiger partial charge in [-0.25, -0.2) is 0 Å². The molecule has 3 nitrogen and oxygen atoms in total. The normalized spacial score (nSPS) is 11.5. The highest BCUT2D eigenvalue weighted by Gasteiger charge is 2.05. The van der Waals surface area contributed by atoms with Crippen LogP contribution < -0.4 is 10.1 Å². The summed E-state index contributed by atoms with van der Waals surface area (Å²) in [6.07, 6.45) is -0.480. The van der Waals surface area contributed by atoms with Gasteiger partial charge in [0.2, 0.25) is 0 Å². The Kier molecular flexibility index (Phi) is 7.09. The van der Waals surface area contributed by atoms with Crippen LogP contribution >= 0.6 is 12.4 Å². The van der Waals surface area contributed by atoms with Gasteiger partial charge in [-0.2, -0.15) is 0 Å². The number of rotatable bonds is 6. The first kappa shape index (κ1) is 16.5. The van der Waals surface area contributed by atoms with E-state index in [4.69, 9.17) is 4.74 Å². The minimum atomic E-state index is -0.480. The fraction of sp³-hybridized carbons (Fsp3) is 0.250. The molecule has 2 aromatic rings. The van der Waals surface area contributed by atoms with Crippen LogP contribution in [0.25, 0.3) is 0 Å². The van der Waals surface area contributed by atoms with Gasteiger partial charge in [-0.05, 0) is 23.3 Å². The largest absolute Gasteiger partial charge is 0.497 e. The van der Waals surface area contributed by atoms with E-state index in [-0.39, 0.29) is 12.4 Å². The topological polar surface area (TPSA) is 41.5 Å². The van der Waals surface area contributed by atoms with E-state index in [1.165, 1.54) is 0 Å². The lowest BCUT2D eigenvalue weighted by Crippen LogP contribution is -2.21. The van der Waals surface area contributed by atoms with E-state index in [0.29, 0.717) is 13.1 Å². The van der Waals surface area contributed by atoms with Gasteiger partial charge in [-0.15, -0.1) is 12.4 Å². The Morgan fingerprint density at radius 3 is 2.55 bits per heavy atom. The summed E-state index contributed by atoms with van der Waals surface area (Å²) in [5, 5.41) is 13.3. The fourth-order valence-electron chi connectivity index (χ4n) is 1.93. The molecule has 2 N–H and O–H groups in total. The Labute approximate surface area is 126 Å². The standard InChI is InChI=1S/C16H19NO2.ClH/c1-19-15-9-5-6-13(10-15)11-17-12-16(18)14-7-3-2-4-8-14;/h2-10,16-18H,11-12H2,1H3;1H. The molecule has 0 fully saturated rings. The SMILES string of the molecule is COc1cccc(CNCC(O)c2ccccc2)c1.Cl. The first-order chi connectivity index (χ1) is 9.29. The molecule has 4 heteroatoms. The van der Waals surface area contributed by atoms with Gasteiger partial charge >= 0.3 is 0 Å². The third kappa shape index (κ3) is 4.85. The Balaban J connectivity index is 0.00000200. The second kappa shape index (κ2) is 8.59. The highest BCUT2D eigenvalue weighted by Crippen LogP contribution is 2.13. The van der Waals surface area contributed by atoms with Crippen molar-refractivity contribution in [3.8, 4) is 5.75 Å². The second-order valence-corrected chi connectivity index (χ2v) is 4.41. The predicted molar refractivity (Wildman–Crippen MR) is 83.4 cm³/mol. The van der Waals surface area contributed by atoms with Crippen molar-refractivity contribution in [3.63, 3.8) is 0 Å². The van der Waals surface area contributed by atoms with Crippen LogP contribution in [0, 0.1) is 0 Å². The van der Waals surface area contributed by atoms with Crippen molar-refractivity contribution in [1.82, 2.24) is 5.32 Å². The zero-order valence-corrected chi connectivity index (χ0v) is 12.3. The highest BCUT2D eigenvalue weighted by molar-refractivity contribution is 5.85. The zero-order chi connectivity index (χ0) is 13.5. The van der Waals surface area contributed by atoms with Gasteiger partial charge in [-0.3, -0.25) is 0 Å². The van der Waals surface area contributed by atoms with Crippen LogP contribution in [0.4, 0.5) is 0 Å². The number of hydrogen-bond acceptors (Lipinski definition) is 3. The van der Waals surface area contributed by atoms with E-state index in [1.54, 1.807) is 7.11 Å². The summed E-state index contributed by atoms with van der Waals surface area (Å²) < 4.78 is 5.17. The third-order valence-electron chi connectivity index (χ3n) is 2.99. The molecule has 2 aromatic carbocycles. The smallest absolute Gasteiger partial charge is 0.119 e. The van der Waals surface area contributed by atoms with Gasteiger partial charge in [0.1, 0.15) is 5.75 Å². The molecular weight excluding hydrogens is 274 g/mol. The van der Waals surface area contributed by atoms with E-state index in [2.05, 4.69) is 5.32 Å². The van der Waals surface area contributed by atoms with Crippen molar-refractivity contribution in [1.29, 1.82) is 0 Å². The van der Waals surface area contributed by atoms with Gasteiger partial charge in [0, 0.05) is 13.1 Å². The van der Waals surface area contributed by atoms with E-state index in [1.807, 2.05) is 54.6 Å². The lowest BCUT2D eigenvalue weighted by Gasteiger charge is -2.12. The molecule has 0 radical (unpaired) electrons. The van der Waals surface area contributed by atoms with Crippen LogP contribution in [0.1, 0.15) is 17.2 Å². The molecule has 0 saturated heterocycles. The molecule has 0 saturated carbocycles. The lowest BCUT2D eigenvalue weighted by atomic mass is 10.1. The Hall–Kier alpha value is -1.55. The van der Waals surface area contributed by atoms with Gasteiger partial charge in [-0.1, -0.05) is 42.5 Å². The Bertz CT molecular complexity index is 505. The highest BCUT2D eigenvalue weighted by atomic mass is 35.5. The van der Waals surface area contributed by atoms with Crippen LogP contribution in [-0.2, 0) is 6.54 Å². The van der Waals surface area contributed by atoms with Gasteiger partial charge in [0.05, 0.1) is 13.2 Å². The van der Waals surface area contributed by atoms with Crippen LogP contribution in [0.3, 0.4) is 0 Å². The molecule has 0 aliphatic carbocycles. The number of aliphatic hydroxyl groups is 1. The van der Waals surface area contributed by atoms with Crippen molar-refractivity contribution >= 4 is 12.4 Å². The van der Waals surface area contributed by atoms with E-state index >= 15 is 0 Å². The summed E-state index contributed by atoms with van der Waals surface area (Å²) in [7, 11) is 1.66. The molecule has 1 atom stereocenters. The summed E-state index contributed by atoms with van der Waals surface area (Å²) >= 11 is 0. The molecule has 20 heavy (non-hydrogen) atoms. The van der Waals surface area contributed by atoms with Crippen LogP contribution in [0.2, 0.25) is 0 Å². The van der Waals surface area contributed by atoms with Gasteiger partial charge < -0.3 is 15.2 Å². The molecule has 0 aliphatic heterocycles. The summed E-state index contributed by atoms with van der Waals surface area (Å²) in [6, 6.07) is 17.6. The number of hydrogen-bond donors (Lipinski definition) is 2. The number of halogens is 1. The number of ether oxygens (including phenoxy) is 1. The maximum absolute atomic E-state index is 10.0. The Morgan fingerprint density at radius 2 is 1.85 bits per heavy atom. The minimum absolute atomic E-state index is 0. The molecule has 108 valence electrons. The van der Waals surface area contributed by atoms with Crippen molar-refractivity contribution in [2.45, 2.75) is 12.6 Å². The molecule has 0 amide bonds. The summed E-state index contributed by atoms with van der Waals surface area (Å²) in [5.74, 6) is 0.850. The minimum Gasteiger partial charge on any atom is -0.497 e. The molecule has 0 aromatic heterocycles. The van der Waals surface area contributed by atoms with Crippen molar-refractivity contribution in [3.05, 3.63) is 65.7 Å². The molecule has 0 spiro atoms. The van der Waals surface area contributed by atoms with Gasteiger partial charge in [0.15, 0.2) is 0 Å². The van der Waals surface area contributed by atoms with Crippen LogP contribution in [0.5, 0.6) is 5.75 Å². The number of benzene rings is 2. The second-order valence-electron chi connectivity index (χ2n) is 4.41. The molecule has 2 rings (SSSR count). The molecular formula is C16H20ClNO2. The first-order valence-electron chi connectivity index (χ1n) is 6.36. The number of aliphatic hydroxyl groups excluding tert-OH is 1. The average Bonchev–Trinajstić information content (AvgIpc) is 2.48. The summed E-state index contributed by atoms with van der Waals surface area (Å²) in [4.78, 5) is 0. The van der Waals surface area contributed by atoms with Crippen LogP contribution in [-0.4, -0.2) is 18.8 Å².